The number of carbonyl (C=O) groups excluding carboxylic acids is 3. The highest BCUT2D eigenvalue weighted by molar-refractivity contribution is 6.33. The average Bonchev–Trinajstić information content (AvgIpc) is 2.42. The van der Waals surface area contributed by atoms with E-state index in [9.17, 15) is 34.8 Å². The molecule has 2 aromatic rings. The number of hydrogen-bond acceptors (Lipinski definition) is 7. The summed E-state index contributed by atoms with van der Waals surface area (Å²) in [5.41, 5.74) is -2.01. The van der Waals surface area contributed by atoms with Crippen LogP contribution in [0, 0.1) is 0 Å². The number of Topliss-reactive ketones (excluding diaryl/α,β-unsaturated/α-hetero) is 1. The Labute approximate surface area is 129 Å². The van der Waals surface area contributed by atoms with E-state index >= 15 is 0 Å². The van der Waals surface area contributed by atoms with E-state index in [4.69, 9.17) is 0 Å². The Morgan fingerprint density at radius 2 is 1.39 bits per heavy atom. The van der Waals surface area contributed by atoms with Crippen LogP contribution in [0.4, 0.5) is 0 Å². The largest absolute Gasteiger partial charge is 0.508 e. The quantitative estimate of drug-likeness (QED) is 0.500. The van der Waals surface area contributed by atoms with Crippen molar-refractivity contribution in [1.82, 2.24) is 0 Å². The van der Waals surface area contributed by atoms with Crippen molar-refractivity contribution in [3.05, 3.63) is 46.0 Å². The van der Waals surface area contributed by atoms with Gasteiger partial charge in [0.05, 0.1) is 22.3 Å². The van der Waals surface area contributed by atoms with Crippen LogP contribution in [0.2, 0.25) is 0 Å². The second kappa shape index (κ2) is 4.57. The van der Waals surface area contributed by atoms with E-state index < -0.39 is 62.6 Å². The molecule has 116 valence electrons. The molecule has 4 N–H and O–H groups in total. The summed E-state index contributed by atoms with van der Waals surface area (Å²) in [6.45, 7) is 1.09. The van der Waals surface area contributed by atoms with Crippen LogP contribution in [0.15, 0.2) is 18.2 Å². The van der Waals surface area contributed by atoms with E-state index in [1.165, 1.54) is 0 Å². The lowest BCUT2D eigenvalue weighted by molar-refractivity contribution is 0.0961. The molecule has 0 fully saturated rings. The van der Waals surface area contributed by atoms with Crippen molar-refractivity contribution >= 4 is 17.3 Å². The van der Waals surface area contributed by atoms with Crippen LogP contribution >= 0.6 is 0 Å². The van der Waals surface area contributed by atoms with E-state index in [1.807, 2.05) is 0 Å². The van der Waals surface area contributed by atoms with Gasteiger partial charge >= 0.3 is 0 Å². The minimum absolute atomic E-state index is 0.296. The summed E-state index contributed by atoms with van der Waals surface area (Å²) < 4.78 is 0. The maximum atomic E-state index is 12.6. The van der Waals surface area contributed by atoms with E-state index in [1.54, 1.807) is 0 Å². The molecule has 0 spiro atoms. The molecule has 0 saturated carbocycles. The first-order valence-electron chi connectivity index (χ1n) is 6.49. The monoisotopic (exact) mass is 314 g/mol. The molecule has 0 amide bonds. The predicted molar refractivity (Wildman–Crippen MR) is 76.4 cm³/mol. The Kier molecular flexibility index (Phi) is 2.90. The van der Waals surface area contributed by atoms with Gasteiger partial charge in [0.2, 0.25) is 0 Å². The lowest BCUT2D eigenvalue weighted by Gasteiger charge is -2.21. The number of phenolic OH excluding ortho intramolecular Hbond substituents is 4. The van der Waals surface area contributed by atoms with Gasteiger partial charge in [-0.1, -0.05) is 0 Å². The van der Waals surface area contributed by atoms with Crippen molar-refractivity contribution in [2.75, 3.05) is 0 Å². The molecule has 0 aliphatic heterocycles. The molecule has 0 aromatic heterocycles. The zero-order valence-corrected chi connectivity index (χ0v) is 11.7. The van der Waals surface area contributed by atoms with Crippen LogP contribution < -0.4 is 0 Å². The zero-order chi connectivity index (χ0) is 17.0. The molecule has 0 radical (unpaired) electrons. The van der Waals surface area contributed by atoms with Gasteiger partial charge < -0.3 is 20.4 Å². The van der Waals surface area contributed by atoms with E-state index in [2.05, 4.69) is 0 Å². The molecule has 1 aliphatic carbocycles. The maximum Gasteiger partial charge on any atom is 0.199 e. The second-order valence-corrected chi connectivity index (χ2v) is 5.14. The SMILES string of the molecule is CC(=O)c1c(O)cc(O)c2c1C(=O)c1c(O)cc(O)cc1C2=O. The highest BCUT2D eigenvalue weighted by Crippen LogP contribution is 2.42. The fourth-order valence-corrected chi connectivity index (χ4v) is 2.76. The summed E-state index contributed by atoms with van der Waals surface area (Å²) in [6, 6.07) is 2.66. The van der Waals surface area contributed by atoms with Gasteiger partial charge in [-0.05, 0) is 13.0 Å². The molecule has 23 heavy (non-hydrogen) atoms. The van der Waals surface area contributed by atoms with E-state index in [0.717, 1.165) is 25.1 Å². The van der Waals surface area contributed by atoms with Gasteiger partial charge in [-0.2, -0.15) is 0 Å². The molecule has 0 bridgehead atoms. The van der Waals surface area contributed by atoms with Gasteiger partial charge in [-0.3, -0.25) is 14.4 Å². The number of rotatable bonds is 1. The molecule has 2 aromatic carbocycles. The molecule has 0 saturated heterocycles. The first-order chi connectivity index (χ1) is 10.7. The van der Waals surface area contributed by atoms with Gasteiger partial charge in [-0.25, -0.2) is 0 Å². The third kappa shape index (κ3) is 1.87. The first kappa shape index (κ1) is 14.6. The van der Waals surface area contributed by atoms with E-state index in [-0.39, 0.29) is 5.56 Å². The van der Waals surface area contributed by atoms with Gasteiger partial charge in [0.25, 0.3) is 0 Å². The molecule has 7 nitrogen and oxygen atoms in total. The Bertz CT molecular complexity index is 925. The Morgan fingerprint density at radius 3 is 2.00 bits per heavy atom. The summed E-state index contributed by atoms with van der Waals surface area (Å²) in [5.74, 6) is -4.81. The summed E-state index contributed by atoms with van der Waals surface area (Å²) >= 11 is 0. The van der Waals surface area contributed by atoms with Crippen LogP contribution in [-0.2, 0) is 0 Å². The third-order valence-corrected chi connectivity index (χ3v) is 3.67. The topological polar surface area (TPSA) is 132 Å². The van der Waals surface area contributed by atoms with Crippen LogP contribution in [0.1, 0.15) is 49.1 Å². The predicted octanol–water partition coefficient (Wildman–Crippen LogP) is 1.49. The number of carbonyl (C=O) groups is 3. The van der Waals surface area contributed by atoms with Crippen molar-refractivity contribution in [1.29, 1.82) is 0 Å². The molecular formula is C16H10O7. The fourth-order valence-electron chi connectivity index (χ4n) is 2.76. The fraction of sp³-hybridized carbons (Fsp3) is 0.0625. The summed E-state index contributed by atoms with van der Waals surface area (Å²) in [4.78, 5) is 36.9. The highest BCUT2D eigenvalue weighted by Gasteiger charge is 2.38. The van der Waals surface area contributed by atoms with Crippen LogP contribution in [0.5, 0.6) is 23.0 Å². The lowest BCUT2D eigenvalue weighted by Crippen LogP contribution is -2.24. The Morgan fingerprint density at radius 1 is 0.783 bits per heavy atom. The standard InChI is InChI=1S/C16H10O7/c1-5(17)11-9(20)4-10(21)13-14(11)16(23)12-7(15(13)22)2-6(18)3-8(12)19/h2-4,18-21H,1H3. The van der Waals surface area contributed by atoms with E-state index in [0.29, 0.717) is 0 Å². The number of aromatic hydroxyl groups is 4. The number of benzene rings is 2. The molecule has 1 aliphatic rings. The smallest absolute Gasteiger partial charge is 0.199 e. The Balaban J connectivity index is 2.47. The van der Waals surface area contributed by atoms with Crippen molar-refractivity contribution in [2.24, 2.45) is 0 Å². The lowest BCUT2D eigenvalue weighted by atomic mass is 9.80. The molecule has 0 unspecified atom stereocenters. The normalized spacial score (nSPS) is 12.7. The molecule has 0 atom stereocenters. The molecule has 7 heteroatoms. The minimum atomic E-state index is -0.900. The van der Waals surface area contributed by atoms with Gasteiger partial charge in [0, 0.05) is 17.7 Å². The van der Waals surface area contributed by atoms with Gasteiger partial charge in [0.15, 0.2) is 17.3 Å². The van der Waals surface area contributed by atoms with Crippen molar-refractivity contribution < 1.29 is 34.8 Å². The number of hydrogen-bond donors (Lipinski definition) is 4. The van der Waals surface area contributed by atoms with Gasteiger partial charge in [-0.15, -0.1) is 0 Å². The summed E-state index contributed by atoms with van der Waals surface area (Å²) in [5, 5.41) is 39.1. The van der Waals surface area contributed by atoms with Gasteiger partial charge in [0.1, 0.15) is 23.0 Å². The number of fused-ring (bicyclic) bond motifs is 2. The maximum absolute atomic E-state index is 12.6. The summed E-state index contributed by atoms with van der Waals surface area (Å²) in [6.07, 6.45) is 0. The Hall–Kier alpha value is -3.35. The summed E-state index contributed by atoms with van der Waals surface area (Å²) in [7, 11) is 0. The van der Waals surface area contributed by atoms with Crippen LogP contribution in [0.3, 0.4) is 0 Å². The number of ketones is 3. The zero-order valence-electron chi connectivity index (χ0n) is 11.7. The van der Waals surface area contributed by atoms with Crippen molar-refractivity contribution in [3.8, 4) is 23.0 Å². The van der Waals surface area contributed by atoms with Crippen molar-refractivity contribution in [2.45, 2.75) is 6.92 Å². The average molecular weight is 314 g/mol. The number of phenols is 4. The molecule has 3 rings (SSSR count). The minimum Gasteiger partial charge on any atom is -0.508 e. The highest BCUT2D eigenvalue weighted by atomic mass is 16.3. The first-order valence-corrected chi connectivity index (χ1v) is 6.49. The van der Waals surface area contributed by atoms with Crippen LogP contribution in [0.25, 0.3) is 0 Å². The van der Waals surface area contributed by atoms with Crippen LogP contribution in [-0.4, -0.2) is 37.8 Å². The third-order valence-electron chi connectivity index (χ3n) is 3.67. The van der Waals surface area contributed by atoms with Crippen molar-refractivity contribution in [3.63, 3.8) is 0 Å². The second-order valence-electron chi connectivity index (χ2n) is 5.14. The molecule has 0 heterocycles. The molecular weight excluding hydrogens is 304 g/mol.